The minimum Gasteiger partial charge on any atom is -0.388 e. The molecular formula is C17H33IN4O. The largest absolute Gasteiger partial charge is 0.388 e. The normalized spacial score (nSPS) is 12.0. The average molecular weight is 436 g/mol. The molecule has 0 aromatic carbocycles. The standard InChI is InChI=1S/C17H32N4O.HI/c1-5-9-17(22,10-6-2)14-20-16(18-7-3)19-12-15-8-11-21(4)13-15;/h8,11,13,22H,5-7,9-10,12,14H2,1-4H3,(H2,18,19,20);1H. The molecular weight excluding hydrogens is 403 g/mol. The van der Waals surface area contributed by atoms with E-state index in [4.69, 9.17) is 0 Å². The zero-order chi connectivity index (χ0) is 16.4. The number of aliphatic imine (C=N–C) groups is 1. The quantitative estimate of drug-likeness (QED) is 0.317. The van der Waals surface area contributed by atoms with E-state index in [1.807, 2.05) is 24.7 Å². The smallest absolute Gasteiger partial charge is 0.191 e. The molecule has 0 aliphatic heterocycles. The lowest BCUT2D eigenvalue weighted by molar-refractivity contribution is 0.0257. The fourth-order valence-corrected chi connectivity index (χ4v) is 2.65. The number of aromatic nitrogens is 1. The zero-order valence-corrected chi connectivity index (χ0v) is 17.3. The Morgan fingerprint density at radius 2 is 1.87 bits per heavy atom. The van der Waals surface area contributed by atoms with E-state index in [1.165, 1.54) is 5.56 Å². The van der Waals surface area contributed by atoms with Crippen LogP contribution in [0.5, 0.6) is 0 Å². The van der Waals surface area contributed by atoms with Gasteiger partial charge in [-0.25, -0.2) is 4.99 Å². The van der Waals surface area contributed by atoms with Crippen LogP contribution in [-0.2, 0) is 13.6 Å². The van der Waals surface area contributed by atoms with Crippen molar-refractivity contribution in [2.45, 2.75) is 58.6 Å². The second-order valence-electron chi connectivity index (χ2n) is 5.96. The van der Waals surface area contributed by atoms with Gasteiger partial charge < -0.3 is 20.3 Å². The molecule has 23 heavy (non-hydrogen) atoms. The summed E-state index contributed by atoms with van der Waals surface area (Å²) in [6, 6.07) is 2.07. The maximum absolute atomic E-state index is 10.7. The first-order valence-corrected chi connectivity index (χ1v) is 8.38. The lowest BCUT2D eigenvalue weighted by atomic mass is 9.93. The highest BCUT2D eigenvalue weighted by Crippen LogP contribution is 2.18. The molecule has 0 spiro atoms. The van der Waals surface area contributed by atoms with Crippen LogP contribution >= 0.6 is 24.0 Å². The number of hydrogen-bond acceptors (Lipinski definition) is 2. The molecule has 0 amide bonds. The summed E-state index contributed by atoms with van der Waals surface area (Å²) < 4.78 is 2.02. The van der Waals surface area contributed by atoms with E-state index in [-0.39, 0.29) is 24.0 Å². The minimum absolute atomic E-state index is 0. The second kappa shape index (κ2) is 11.7. The van der Waals surface area contributed by atoms with Crippen LogP contribution in [0.2, 0.25) is 0 Å². The van der Waals surface area contributed by atoms with E-state index in [0.717, 1.165) is 38.2 Å². The highest BCUT2D eigenvalue weighted by molar-refractivity contribution is 14.0. The third kappa shape index (κ3) is 8.60. The molecule has 0 aliphatic rings. The van der Waals surface area contributed by atoms with Crippen molar-refractivity contribution in [2.75, 3.05) is 13.1 Å². The number of guanidine groups is 1. The molecule has 0 aliphatic carbocycles. The summed E-state index contributed by atoms with van der Waals surface area (Å²) >= 11 is 0. The molecule has 3 N–H and O–H groups in total. The SMILES string of the molecule is CCCC(O)(CCC)CNC(=NCc1ccn(C)c1)NCC.I. The Hall–Kier alpha value is -0.760. The van der Waals surface area contributed by atoms with Crippen LogP contribution in [0.25, 0.3) is 0 Å². The van der Waals surface area contributed by atoms with E-state index in [9.17, 15) is 5.11 Å². The minimum atomic E-state index is -0.646. The van der Waals surface area contributed by atoms with E-state index in [0.29, 0.717) is 13.1 Å². The summed E-state index contributed by atoms with van der Waals surface area (Å²) in [7, 11) is 2.01. The van der Waals surface area contributed by atoms with E-state index >= 15 is 0 Å². The van der Waals surface area contributed by atoms with Crippen molar-refractivity contribution in [3.63, 3.8) is 0 Å². The third-order valence-electron chi connectivity index (χ3n) is 3.67. The Bertz CT molecular complexity index is 453. The van der Waals surface area contributed by atoms with Gasteiger partial charge in [-0.15, -0.1) is 24.0 Å². The van der Waals surface area contributed by atoms with E-state index in [1.54, 1.807) is 0 Å². The molecule has 1 aromatic rings. The summed E-state index contributed by atoms with van der Waals surface area (Å²) in [4.78, 5) is 4.59. The van der Waals surface area contributed by atoms with Gasteiger partial charge in [0, 0.05) is 32.5 Å². The predicted molar refractivity (Wildman–Crippen MR) is 108 cm³/mol. The Kier molecular flexibility index (Phi) is 11.3. The van der Waals surface area contributed by atoms with Gasteiger partial charge in [0.2, 0.25) is 0 Å². The molecule has 1 heterocycles. The molecule has 0 unspecified atom stereocenters. The third-order valence-corrected chi connectivity index (χ3v) is 3.67. The number of nitrogens with one attached hydrogen (secondary N) is 2. The van der Waals surface area contributed by atoms with Gasteiger partial charge in [0.25, 0.3) is 0 Å². The number of rotatable bonds is 9. The summed E-state index contributed by atoms with van der Waals surface area (Å²) in [5.41, 5.74) is 0.531. The summed E-state index contributed by atoms with van der Waals surface area (Å²) in [6.45, 7) is 8.24. The summed E-state index contributed by atoms with van der Waals surface area (Å²) in [6.07, 6.45) is 7.67. The Morgan fingerprint density at radius 3 is 2.35 bits per heavy atom. The van der Waals surface area contributed by atoms with Crippen molar-refractivity contribution in [1.82, 2.24) is 15.2 Å². The molecule has 0 radical (unpaired) electrons. The van der Waals surface area contributed by atoms with E-state index < -0.39 is 5.60 Å². The highest BCUT2D eigenvalue weighted by atomic mass is 127. The molecule has 5 nitrogen and oxygen atoms in total. The van der Waals surface area contributed by atoms with Gasteiger partial charge in [-0.05, 0) is 31.4 Å². The van der Waals surface area contributed by atoms with Crippen LogP contribution in [0.3, 0.4) is 0 Å². The summed E-state index contributed by atoms with van der Waals surface area (Å²) in [5, 5.41) is 17.2. The van der Waals surface area contributed by atoms with Crippen LogP contribution in [-0.4, -0.2) is 34.3 Å². The van der Waals surface area contributed by atoms with Crippen molar-refractivity contribution in [1.29, 1.82) is 0 Å². The van der Waals surface area contributed by atoms with Crippen molar-refractivity contribution in [3.05, 3.63) is 24.0 Å². The molecule has 6 heteroatoms. The number of halogens is 1. The molecule has 1 rings (SSSR count). The first kappa shape index (κ1) is 22.2. The van der Waals surface area contributed by atoms with Crippen molar-refractivity contribution >= 4 is 29.9 Å². The van der Waals surface area contributed by atoms with Gasteiger partial charge in [-0.3, -0.25) is 0 Å². The second-order valence-corrected chi connectivity index (χ2v) is 5.96. The molecule has 0 saturated heterocycles. The number of aryl methyl sites for hydroxylation is 1. The van der Waals surface area contributed by atoms with Crippen molar-refractivity contribution < 1.29 is 5.11 Å². The maximum Gasteiger partial charge on any atom is 0.191 e. The molecule has 0 bridgehead atoms. The van der Waals surface area contributed by atoms with Gasteiger partial charge in [0.05, 0.1) is 12.1 Å². The molecule has 134 valence electrons. The fraction of sp³-hybridized carbons (Fsp3) is 0.706. The van der Waals surface area contributed by atoms with Crippen LogP contribution in [0.4, 0.5) is 0 Å². The van der Waals surface area contributed by atoms with Crippen LogP contribution < -0.4 is 10.6 Å². The maximum atomic E-state index is 10.7. The zero-order valence-electron chi connectivity index (χ0n) is 14.9. The fourth-order valence-electron chi connectivity index (χ4n) is 2.65. The molecule has 0 atom stereocenters. The molecule has 1 aromatic heterocycles. The van der Waals surface area contributed by atoms with Gasteiger partial charge in [0.1, 0.15) is 0 Å². The van der Waals surface area contributed by atoms with Gasteiger partial charge in [-0.1, -0.05) is 26.7 Å². The number of nitrogens with zero attached hydrogens (tertiary/aromatic N) is 2. The van der Waals surface area contributed by atoms with Gasteiger partial charge in [-0.2, -0.15) is 0 Å². The monoisotopic (exact) mass is 436 g/mol. The Labute approximate surface area is 158 Å². The molecule has 0 fully saturated rings. The van der Waals surface area contributed by atoms with Crippen LogP contribution in [0.1, 0.15) is 52.0 Å². The number of hydrogen-bond donors (Lipinski definition) is 3. The van der Waals surface area contributed by atoms with E-state index in [2.05, 4.69) is 41.7 Å². The Morgan fingerprint density at radius 1 is 1.22 bits per heavy atom. The number of aliphatic hydroxyl groups is 1. The molecule has 0 saturated carbocycles. The highest BCUT2D eigenvalue weighted by Gasteiger charge is 2.24. The summed E-state index contributed by atoms with van der Waals surface area (Å²) in [5.74, 6) is 0.761. The van der Waals surface area contributed by atoms with Crippen LogP contribution in [0.15, 0.2) is 23.5 Å². The van der Waals surface area contributed by atoms with Crippen molar-refractivity contribution in [2.24, 2.45) is 12.0 Å². The first-order chi connectivity index (χ1) is 10.5. The van der Waals surface area contributed by atoms with Crippen LogP contribution in [0, 0.1) is 0 Å². The lowest BCUT2D eigenvalue weighted by Gasteiger charge is -2.28. The van der Waals surface area contributed by atoms with Gasteiger partial charge in [0.15, 0.2) is 5.96 Å². The first-order valence-electron chi connectivity index (χ1n) is 8.38. The average Bonchev–Trinajstić information content (AvgIpc) is 2.88. The predicted octanol–water partition coefficient (Wildman–Crippen LogP) is 3.03. The van der Waals surface area contributed by atoms with Crippen molar-refractivity contribution in [3.8, 4) is 0 Å². The lowest BCUT2D eigenvalue weighted by Crippen LogP contribution is -2.47. The Balaban J connectivity index is 0.00000484. The topological polar surface area (TPSA) is 61.6 Å². The van der Waals surface area contributed by atoms with Gasteiger partial charge >= 0.3 is 0 Å².